The first-order valence-corrected chi connectivity index (χ1v) is 18.7. The number of hydrogen-bond acceptors (Lipinski definition) is 1. The van der Waals surface area contributed by atoms with Crippen LogP contribution in [0.25, 0.3) is 48.7 Å². The number of rotatable bonds is 5. The normalized spacial score (nSPS) is 16.9. The zero-order valence-electron chi connectivity index (χ0n) is 29.9. The summed E-state index contributed by atoms with van der Waals surface area (Å²) in [7, 11) is 0. The molecule has 3 heteroatoms. The van der Waals surface area contributed by atoms with E-state index >= 15 is 0 Å². The van der Waals surface area contributed by atoms with Gasteiger partial charge < -0.3 is 0 Å². The molecule has 2 atom stereocenters. The van der Waals surface area contributed by atoms with Crippen molar-refractivity contribution in [2.45, 2.75) is 18.9 Å². The van der Waals surface area contributed by atoms with Gasteiger partial charge in [-0.1, -0.05) is 170 Å². The number of aliphatic imine (C=N–C) groups is 3. The van der Waals surface area contributed by atoms with Crippen molar-refractivity contribution < 1.29 is 0 Å². The lowest BCUT2D eigenvalue weighted by Crippen LogP contribution is -2.11. The summed E-state index contributed by atoms with van der Waals surface area (Å²) < 4.78 is 0. The summed E-state index contributed by atoms with van der Waals surface area (Å²) in [4.78, 5) is 14.9. The average molecular weight is 692 g/mol. The fourth-order valence-electron chi connectivity index (χ4n) is 8.87. The summed E-state index contributed by atoms with van der Waals surface area (Å²) in [5.41, 5.74) is 8.65. The number of benzene rings is 8. The average Bonchev–Trinajstić information content (AvgIpc) is 3.63. The van der Waals surface area contributed by atoms with Gasteiger partial charge in [-0.05, 0) is 96.0 Å². The van der Waals surface area contributed by atoms with Crippen molar-refractivity contribution in [2.24, 2.45) is 20.9 Å². The first-order chi connectivity index (χ1) is 26.7. The van der Waals surface area contributed by atoms with Gasteiger partial charge in [-0.3, -0.25) is 4.99 Å². The molecular weight excluding hydrogens is 655 g/mol. The SMILES string of the molecule is C=NC(=NC(=NCc1cc2c(c3ccccc13)C1C=CC=C(c3ccccc3)C1C2)c1ccc2c(ccc3c4ccccc4ccc23)c1)c1ccccc1. The van der Waals surface area contributed by atoms with Gasteiger partial charge in [0.2, 0.25) is 0 Å². The van der Waals surface area contributed by atoms with Crippen LogP contribution in [0, 0.1) is 5.92 Å². The van der Waals surface area contributed by atoms with Gasteiger partial charge in [-0.2, -0.15) is 0 Å². The summed E-state index contributed by atoms with van der Waals surface area (Å²) in [6.45, 7) is 4.40. The minimum atomic E-state index is 0.349. The minimum absolute atomic E-state index is 0.349. The van der Waals surface area contributed by atoms with E-state index in [1.165, 1.54) is 65.5 Å². The highest BCUT2D eigenvalue weighted by Crippen LogP contribution is 2.50. The summed E-state index contributed by atoms with van der Waals surface area (Å²) in [5.74, 6) is 1.95. The Morgan fingerprint density at radius 1 is 0.574 bits per heavy atom. The van der Waals surface area contributed by atoms with Crippen molar-refractivity contribution in [3.63, 3.8) is 0 Å². The first kappa shape index (κ1) is 32.0. The topological polar surface area (TPSA) is 37.1 Å². The van der Waals surface area contributed by atoms with E-state index in [1.807, 2.05) is 30.3 Å². The Labute approximate surface area is 315 Å². The third kappa shape index (κ3) is 5.48. The van der Waals surface area contributed by atoms with Crippen molar-refractivity contribution in [1.29, 1.82) is 0 Å². The van der Waals surface area contributed by atoms with Crippen LogP contribution < -0.4 is 0 Å². The van der Waals surface area contributed by atoms with Crippen LogP contribution in [0.15, 0.2) is 191 Å². The van der Waals surface area contributed by atoms with Gasteiger partial charge in [0.15, 0.2) is 11.7 Å². The lowest BCUT2D eigenvalue weighted by molar-refractivity contribution is 0.651. The Morgan fingerprint density at radius 3 is 2.04 bits per heavy atom. The number of amidine groups is 2. The number of nitrogens with zero attached hydrogens (tertiary/aromatic N) is 3. The molecule has 256 valence electrons. The highest BCUT2D eigenvalue weighted by atomic mass is 15.0. The molecule has 0 aromatic heterocycles. The van der Waals surface area contributed by atoms with E-state index in [4.69, 9.17) is 9.98 Å². The second-order valence-corrected chi connectivity index (χ2v) is 14.3. The number of fused-ring (bicyclic) bond motifs is 10. The van der Waals surface area contributed by atoms with Gasteiger partial charge >= 0.3 is 0 Å². The van der Waals surface area contributed by atoms with E-state index in [2.05, 4.69) is 157 Å². The zero-order valence-corrected chi connectivity index (χ0v) is 29.9. The van der Waals surface area contributed by atoms with Crippen molar-refractivity contribution >= 4 is 67.1 Å². The van der Waals surface area contributed by atoms with E-state index in [1.54, 1.807) is 0 Å². The third-order valence-corrected chi connectivity index (χ3v) is 11.4. The quantitative estimate of drug-likeness (QED) is 0.0979. The maximum atomic E-state index is 5.33. The predicted molar refractivity (Wildman–Crippen MR) is 229 cm³/mol. The predicted octanol–water partition coefficient (Wildman–Crippen LogP) is 12.3. The molecule has 0 bridgehead atoms. The summed E-state index contributed by atoms with van der Waals surface area (Å²) >= 11 is 0. The Balaban J connectivity index is 1.09. The van der Waals surface area contributed by atoms with E-state index in [-0.39, 0.29) is 0 Å². The summed E-state index contributed by atoms with van der Waals surface area (Å²) in [5, 5.41) is 9.93. The molecule has 8 aromatic rings. The Bertz CT molecular complexity index is 2900. The molecule has 2 aliphatic carbocycles. The molecule has 0 radical (unpaired) electrons. The largest absolute Gasteiger partial charge is 0.261 e. The Kier molecular flexibility index (Phi) is 7.91. The number of hydrogen-bond donors (Lipinski definition) is 0. The molecule has 8 aromatic carbocycles. The Morgan fingerprint density at radius 2 is 1.24 bits per heavy atom. The van der Waals surface area contributed by atoms with Gasteiger partial charge in [0.25, 0.3) is 0 Å². The van der Waals surface area contributed by atoms with E-state index in [0.717, 1.165) is 22.9 Å². The molecule has 0 amide bonds. The van der Waals surface area contributed by atoms with Crippen LogP contribution in [0.3, 0.4) is 0 Å². The molecule has 0 N–H and O–H groups in total. The fourth-order valence-corrected chi connectivity index (χ4v) is 8.87. The van der Waals surface area contributed by atoms with Gasteiger partial charge in [0.1, 0.15) is 0 Å². The molecule has 0 saturated carbocycles. The van der Waals surface area contributed by atoms with Gasteiger partial charge in [-0.25, -0.2) is 9.98 Å². The van der Waals surface area contributed by atoms with Crippen LogP contribution >= 0.6 is 0 Å². The van der Waals surface area contributed by atoms with Crippen molar-refractivity contribution in [1.82, 2.24) is 0 Å². The number of allylic oxidation sites excluding steroid dienone is 4. The molecule has 0 heterocycles. The molecule has 0 fully saturated rings. The second kappa shape index (κ2) is 13.4. The lowest BCUT2D eigenvalue weighted by Gasteiger charge is -2.24. The molecule has 10 rings (SSSR count). The molecule has 0 saturated heterocycles. The molecular formula is C51H37N3. The van der Waals surface area contributed by atoms with Crippen LogP contribution in [-0.2, 0) is 13.0 Å². The van der Waals surface area contributed by atoms with Crippen molar-refractivity contribution in [3.8, 4) is 0 Å². The minimum Gasteiger partial charge on any atom is -0.261 e. The van der Waals surface area contributed by atoms with Crippen LogP contribution in [-0.4, -0.2) is 18.4 Å². The van der Waals surface area contributed by atoms with Gasteiger partial charge in [0, 0.05) is 17.0 Å². The maximum absolute atomic E-state index is 5.33. The maximum Gasteiger partial charge on any atom is 0.161 e. The van der Waals surface area contributed by atoms with Crippen molar-refractivity contribution in [2.75, 3.05) is 0 Å². The molecule has 54 heavy (non-hydrogen) atoms. The zero-order chi connectivity index (χ0) is 36.0. The highest BCUT2D eigenvalue weighted by molar-refractivity contribution is 6.19. The van der Waals surface area contributed by atoms with Gasteiger partial charge in [0.05, 0.1) is 6.54 Å². The summed E-state index contributed by atoms with van der Waals surface area (Å²) in [6.07, 6.45) is 7.97. The lowest BCUT2D eigenvalue weighted by atomic mass is 9.79. The summed E-state index contributed by atoms with van der Waals surface area (Å²) in [6, 6.07) is 56.3. The highest BCUT2D eigenvalue weighted by Gasteiger charge is 2.36. The Hall–Kier alpha value is -6.71. The van der Waals surface area contributed by atoms with Crippen LogP contribution in [0.1, 0.15) is 39.3 Å². The third-order valence-electron chi connectivity index (χ3n) is 11.4. The second-order valence-electron chi connectivity index (χ2n) is 14.3. The molecule has 2 aliphatic rings. The molecule has 3 nitrogen and oxygen atoms in total. The van der Waals surface area contributed by atoms with E-state index < -0.39 is 0 Å². The molecule has 0 aliphatic heterocycles. The smallest absolute Gasteiger partial charge is 0.161 e. The molecule has 2 unspecified atom stereocenters. The van der Waals surface area contributed by atoms with Crippen LogP contribution in [0.5, 0.6) is 0 Å². The monoisotopic (exact) mass is 691 g/mol. The standard InChI is InChI=1S/C51H37N3/c1-52-50(35-16-6-3-7-17-35)54-51(37-25-26-43-36(29-37)24-28-44-40-18-9-8-15-34(40)23-27-45(43)44)53-32-39-30-38-31-48-41(33-13-4-2-5-14-33)21-12-22-47(48)49(38)46-20-11-10-19-42(39)46/h2-30,47-48H,1,31-32H2. The van der Waals surface area contributed by atoms with Crippen LogP contribution in [0.4, 0.5) is 0 Å². The van der Waals surface area contributed by atoms with Gasteiger partial charge in [-0.15, -0.1) is 0 Å². The molecule has 0 spiro atoms. The van der Waals surface area contributed by atoms with Crippen LogP contribution in [0.2, 0.25) is 0 Å². The van der Waals surface area contributed by atoms with E-state index in [9.17, 15) is 0 Å². The van der Waals surface area contributed by atoms with E-state index in [0.29, 0.717) is 30.1 Å². The fraction of sp³-hybridized carbons (Fsp3) is 0.0784. The van der Waals surface area contributed by atoms with Crippen molar-refractivity contribution in [3.05, 3.63) is 209 Å². The first-order valence-electron chi connectivity index (χ1n) is 18.7.